The largest absolute Gasteiger partial charge is 0.481 e. The van der Waals surface area contributed by atoms with Crippen LogP contribution >= 0.6 is 11.3 Å². The zero-order valence-electron chi connectivity index (χ0n) is 11.0. The van der Waals surface area contributed by atoms with Crippen molar-refractivity contribution in [3.63, 3.8) is 0 Å². The van der Waals surface area contributed by atoms with Crippen LogP contribution in [0.4, 0.5) is 0 Å². The summed E-state index contributed by atoms with van der Waals surface area (Å²) in [7, 11) is -1.31. The number of ether oxygens (including phenoxy) is 1. The van der Waals surface area contributed by atoms with E-state index in [9.17, 15) is 18.0 Å². The second-order valence-corrected chi connectivity index (χ2v) is 6.86. The lowest BCUT2D eigenvalue weighted by Crippen LogP contribution is -2.29. The summed E-state index contributed by atoms with van der Waals surface area (Å²) < 4.78 is 30.1. The third-order valence-corrected chi connectivity index (χ3v) is 5.47. The van der Waals surface area contributed by atoms with E-state index in [0.29, 0.717) is 0 Å². The number of rotatable bonds is 7. The maximum atomic E-state index is 12.3. The Labute approximate surface area is 120 Å². The number of hydrogen-bond donors (Lipinski definition) is 1. The predicted octanol–water partition coefficient (Wildman–Crippen LogP) is 1.02. The SMILES string of the molecule is COC(=O)c1sccc1S(=O)(=O)N(C)CCCC(=O)O. The molecule has 0 radical (unpaired) electrons. The summed E-state index contributed by atoms with van der Waals surface area (Å²) in [5.74, 6) is -1.70. The molecule has 0 aliphatic carbocycles. The fraction of sp³-hybridized carbons (Fsp3) is 0.455. The first-order chi connectivity index (χ1) is 9.30. The molecule has 1 aromatic heterocycles. The van der Waals surface area contributed by atoms with E-state index in [0.717, 1.165) is 15.6 Å². The van der Waals surface area contributed by atoms with Crippen LogP contribution in [-0.4, -0.2) is 50.5 Å². The lowest BCUT2D eigenvalue weighted by molar-refractivity contribution is -0.137. The summed E-state index contributed by atoms with van der Waals surface area (Å²) >= 11 is 0.981. The van der Waals surface area contributed by atoms with E-state index < -0.39 is 22.0 Å². The van der Waals surface area contributed by atoms with Crippen molar-refractivity contribution in [2.75, 3.05) is 20.7 Å². The van der Waals surface area contributed by atoms with E-state index in [1.54, 1.807) is 0 Å². The lowest BCUT2D eigenvalue weighted by atomic mass is 10.3. The molecule has 0 aliphatic rings. The van der Waals surface area contributed by atoms with Crippen molar-refractivity contribution in [2.24, 2.45) is 0 Å². The minimum Gasteiger partial charge on any atom is -0.481 e. The first kappa shape index (κ1) is 16.6. The fourth-order valence-electron chi connectivity index (χ4n) is 1.48. The Morgan fingerprint density at radius 1 is 1.45 bits per heavy atom. The monoisotopic (exact) mass is 321 g/mol. The molecule has 112 valence electrons. The van der Waals surface area contributed by atoms with Crippen molar-refractivity contribution in [2.45, 2.75) is 17.7 Å². The Bertz CT molecular complexity index is 592. The summed E-state index contributed by atoms with van der Waals surface area (Å²) in [6.45, 7) is 0.0606. The number of thiophene rings is 1. The second-order valence-electron chi connectivity index (χ2n) is 3.93. The molecule has 1 aromatic rings. The Morgan fingerprint density at radius 3 is 2.65 bits per heavy atom. The summed E-state index contributed by atoms with van der Waals surface area (Å²) in [6.07, 6.45) is 0.0795. The Hall–Kier alpha value is -1.45. The highest BCUT2D eigenvalue weighted by molar-refractivity contribution is 7.89. The summed E-state index contributed by atoms with van der Waals surface area (Å²) in [4.78, 5) is 21.8. The van der Waals surface area contributed by atoms with E-state index >= 15 is 0 Å². The van der Waals surface area contributed by atoms with Crippen LogP contribution in [0.15, 0.2) is 16.3 Å². The number of sulfonamides is 1. The topological polar surface area (TPSA) is 101 Å². The third-order valence-electron chi connectivity index (χ3n) is 2.55. The van der Waals surface area contributed by atoms with Crippen LogP contribution in [0.3, 0.4) is 0 Å². The normalized spacial score (nSPS) is 11.6. The molecule has 0 atom stereocenters. The molecule has 1 rings (SSSR count). The zero-order valence-corrected chi connectivity index (χ0v) is 12.7. The van der Waals surface area contributed by atoms with E-state index in [1.807, 2.05) is 0 Å². The molecule has 0 spiro atoms. The van der Waals surface area contributed by atoms with Crippen LogP contribution in [0.25, 0.3) is 0 Å². The van der Waals surface area contributed by atoms with Gasteiger partial charge >= 0.3 is 11.9 Å². The number of methoxy groups -OCH3 is 1. The van der Waals surface area contributed by atoms with E-state index in [1.165, 1.54) is 25.6 Å². The fourth-order valence-corrected chi connectivity index (χ4v) is 4.00. The highest BCUT2D eigenvalue weighted by atomic mass is 32.2. The molecule has 1 N–H and O–H groups in total. The van der Waals surface area contributed by atoms with Gasteiger partial charge in [0.2, 0.25) is 10.0 Å². The number of aliphatic carboxylic acids is 1. The quantitative estimate of drug-likeness (QED) is 0.752. The Kier molecular flexibility index (Phi) is 5.66. The van der Waals surface area contributed by atoms with Crippen LogP contribution < -0.4 is 0 Å². The highest BCUT2D eigenvalue weighted by Crippen LogP contribution is 2.25. The molecule has 0 amide bonds. The maximum absolute atomic E-state index is 12.3. The van der Waals surface area contributed by atoms with Crippen molar-refractivity contribution in [1.29, 1.82) is 0 Å². The molecule has 7 nitrogen and oxygen atoms in total. The number of hydrogen-bond acceptors (Lipinski definition) is 6. The lowest BCUT2D eigenvalue weighted by Gasteiger charge is -2.16. The minimum absolute atomic E-state index is 0.0117. The van der Waals surface area contributed by atoms with Gasteiger partial charge in [-0.1, -0.05) is 0 Å². The molecule has 20 heavy (non-hydrogen) atoms. The number of carboxylic acids is 1. The molecule has 0 saturated carbocycles. The average molecular weight is 321 g/mol. The molecule has 0 unspecified atom stereocenters. The molecule has 0 aromatic carbocycles. The number of carbonyl (C=O) groups is 2. The van der Waals surface area contributed by atoms with Gasteiger partial charge in [-0.05, 0) is 17.9 Å². The van der Waals surface area contributed by atoms with Crippen molar-refractivity contribution < 1.29 is 27.9 Å². The first-order valence-corrected chi connectivity index (χ1v) is 7.96. The molecule has 0 bridgehead atoms. The van der Waals surface area contributed by atoms with Crippen LogP contribution in [0.1, 0.15) is 22.5 Å². The van der Waals surface area contributed by atoms with Gasteiger partial charge in [0, 0.05) is 20.0 Å². The van der Waals surface area contributed by atoms with Gasteiger partial charge in [0.15, 0.2) is 0 Å². The van der Waals surface area contributed by atoms with Crippen molar-refractivity contribution >= 4 is 33.3 Å². The van der Waals surface area contributed by atoms with Gasteiger partial charge < -0.3 is 9.84 Å². The zero-order chi connectivity index (χ0) is 15.3. The molecule has 1 heterocycles. The number of carbonyl (C=O) groups excluding carboxylic acids is 1. The molecule has 9 heteroatoms. The second kappa shape index (κ2) is 6.82. The van der Waals surface area contributed by atoms with E-state index in [2.05, 4.69) is 4.74 Å². The predicted molar refractivity (Wildman–Crippen MR) is 72.3 cm³/mol. The average Bonchev–Trinajstić information content (AvgIpc) is 2.87. The third kappa shape index (κ3) is 3.78. The number of nitrogens with zero attached hydrogens (tertiary/aromatic N) is 1. The van der Waals surface area contributed by atoms with Crippen LogP contribution in [0.2, 0.25) is 0 Å². The molecule has 0 saturated heterocycles. The summed E-state index contributed by atoms with van der Waals surface area (Å²) in [5, 5.41) is 10.0. The highest BCUT2D eigenvalue weighted by Gasteiger charge is 2.28. The summed E-state index contributed by atoms with van der Waals surface area (Å²) in [5.41, 5.74) is 0. The van der Waals surface area contributed by atoms with Crippen LogP contribution in [0, 0.1) is 0 Å². The minimum atomic E-state index is -3.83. The van der Waals surface area contributed by atoms with E-state index in [-0.39, 0.29) is 29.2 Å². The Balaban J connectivity index is 2.91. The Morgan fingerprint density at radius 2 is 2.10 bits per heavy atom. The van der Waals surface area contributed by atoms with Crippen molar-refractivity contribution in [3.8, 4) is 0 Å². The van der Waals surface area contributed by atoms with Gasteiger partial charge in [0.1, 0.15) is 9.77 Å². The van der Waals surface area contributed by atoms with Gasteiger partial charge in [-0.25, -0.2) is 17.5 Å². The summed E-state index contributed by atoms with van der Waals surface area (Å²) in [6, 6.07) is 1.33. The van der Waals surface area contributed by atoms with Crippen LogP contribution in [-0.2, 0) is 19.6 Å². The smallest absolute Gasteiger partial charge is 0.349 e. The van der Waals surface area contributed by atoms with Crippen LogP contribution in [0.5, 0.6) is 0 Å². The van der Waals surface area contributed by atoms with Gasteiger partial charge in [-0.15, -0.1) is 11.3 Å². The van der Waals surface area contributed by atoms with Crippen molar-refractivity contribution in [1.82, 2.24) is 4.31 Å². The molecule has 0 fully saturated rings. The first-order valence-electron chi connectivity index (χ1n) is 5.64. The molecular weight excluding hydrogens is 306 g/mol. The number of esters is 1. The van der Waals surface area contributed by atoms with Gasteiger partial charge in [-0.3, -0.25) is 4.79 Å². The van der Waals surface area contributed by atoms with Gasteiger partial charge in [0.05, 0.1) is 7.11 Å². The van der Waals surface area contributed by atoms with Crippen molar-refractivity contribution in [3.05, 3.63) is 16.3 Å². The van der Waals surface area contributed by atoms with Gasteiger partial charge in [0.25, 0.3) is 0 Å². The number of carboxylic acid groups (broad SMARTS) is 1. The van der Waals surface area contributed by atoms with Gasteiger partial charge in [-0.2, -0.15) is 0 Å². The maximum Gasteiger partial charge on any atom is 0.349 e. The molecule has 0 aliphatic heterocycles. The standard InChI is InChI=1S/C11H15NO6S2/c1-12(6-3-4-9(13)14)20(16,17)8-5-7-19-10(8)11(15)18-2/h5,7H,3-4,6H2,1-2H3,(H,13,14). The molecular formula is C11H15NO6S2. The van der Waals surface area contributed by atoms with E-state index in [4.69, 9.17) is 5.11 Å².